The van der Waals surface area contributed by atoms with E-state index in [1.165, 1.54) is 11.3 Å². The van der Waals surface area contributed by atoms with Gasteiger partial charge in [-0.2, -0.15) is 0 Å². The topological polar surface area (TPSA) is 88.3 Å². The Morgan fingerprint density at radius 2 is 2.26 bits per heavy atom. The van der Waals surface area contributed by atoms with E-state index in [1.807, 2.05) is 17.2 Å². The maximum Gasteiger partial charge on any atom is 0.248 e. The number of benzene rings is 1. The van der Waals surface area contributed by atoms with Gasteiger partial charge in [0.2, 0.25) is 11.8 Å². The van der Waals surface area contributed by atoms with Crippen LogP contribution in [-0.2, 0) is 4.79 Å². The minimum atomic E-state index is -0.475. The number of thiazole rings is 1. The maximum atomic E-state index is 12.6. The predicted octanol–water partition coefficient (Wildman–Crippen LogP) is 2.16. The standard InChI is InChI=1S/C16H18N4O2S/c1-10-9-11(14(17)21)4-5-12(10)19-15(22)13-3-2-7-20(13)16-18-6-8-23-16/h4-6,8-9,13H,2-3,7H2,1H3,(H2,17,21)(H,19,22). The van der Waals surface area contributed by atoms with Crippen molar-refractivity contribution < 1.29 is 9.59 Å². The van der Waals surface area contributed by atoms with E-state index in [9.17, 15) is 9.59 Å². The van der Waals surface area contributed by atoms with Gasteiger partial charge >= 0.3 is 0 Å². The second-order valence-electron chi connectivity index (χ2n) is 5.55. The molecule has 1 unspecified atom stereocenters. The van der Waals surface area contributed by atoms with Gasteiger partial charge in [-0.1, -0.05) is 0 Å². The summed E-state index contributed by atoms with van der Waals surface area (Å²) < 4.78 is 0. The molecule has 3 rings (SSSR count). The predicted molar refractivity (Wildman–Crippen MR) is 90.8 cm³/mol. The van der Waals surface area contributed by atoms with Crippen LogP contribution in [0.15, 0.2) is 29.8 Å². The molecule has 1 atom stereocenters. The van der Waals surface area contributed by atoms with Crippen LogP contribution < -0.4 is 16.0 Å². The highest BCUT2D eigenvalue weighted by molar-refractivity contribution is 7.13. The third-order valence-corrected chi connectivity index (χ3v) is 4.80. The quantitative estimate of drug-likeness (QED) is 0.899. The largest absolute Gasteiger partial charge is 0.366 e. The van der Waals surface area contributed by atoms with Crippen molar-refractivity contribution in [2.45, 2.75) is 25.8 Å². The van der Waals surface area contributed by atoms with Gasteiger partial charge in [-0.05, 0) is 43.5 Å². The van der Waals surface area contributed by atoms with Gasteiger partial charge in [0.05, 0.1) is 0 Å². The molecule has 120 valence electrons. The first-order valence-corrected chi connectivity index (χ1v) is 8.31. The first-order valence-electron chi connectivity index (χ1n) is 7.43. The summed E-state index contributed by atoms with van der Waals surface area (Å²) in [6.07, 6.45) is 3.53. The number of amides is 2. The van der Waals surface area contributed by atoms with Crippen molar-refractivity contribution in [1.29, 1.82) is 0 Å². The molecular formula is C16H18N4O2S. The molecule has 2 amide bonds. The van der Waals surface area contributed by atoms with Crippen LogP contribution in [0.5, 0.6) is 0 Å². The average molecular weight is 330 g/mol. The molecule has 23 heavy (non-hydrogen) atoms. The molecule has 1 aromatic carbocycles. The van der Waals surface area contributed by atoms with Gasteiger partial charge in [-0.25, -0.2) is 4.98 Å². The highest BCUT2D eigenvalue weighted by Gasteiger charge is 2.32. The zero-order valence-electron chi connectivity index (χ0n) is 12.8. The molecule has 3 N–H and O–H groups in total. The molecule has 2 aromatic rings. The number of carbonyl (C=O) groups excluding carboxylic acids is 2. The van der Waals surface area contributed by atoms with Gasteiger partial charge in [0.25, 0.3) is 0 Å². The fourth-order valence-electron chi connectivity index (χ4n) is 2.80. The number of primary amides is 1. The lowest BCUT2D eigenvalue weighted by Crippen LogP contribution is -2.39. The molecule has 0 aliphatic carbocycles. The normalized spacial score (nSPS) is 17.3. The molecule has 1 fully saturated rings. The molecule has 0 spiro atoms. The van der Waals surface area contributed by atoms with Crippen molar-refractivity contribution in [1.82, 2.24) is 4.98 Å². The van der Waals surface area contributed by atoms with Gasteiger partial charge in [-0.3, -0.25) is 9.59 Å². The Kier molecular flexibility index (Phi) is 4.29. The van der Waals surface area contributed by atoms with E-state index in [4.69, 9.17) is 5.73 Å². The van der Waals surface area contributed by atoms with E-state index < -0.39 is 5.91 Å². The Balaban J connectivity index is 1.75. The van der Waals surface area contributed by atoms with Crippen LogP contribution in [-0.4, -0.2) is 29.4 Å². The molecule has 2 heterocycles. The molecule has 1 aromatic heterocycles. The summed E-state index contributed by atoms with van der Waals surface area (Å²) in [6, 6.07) is 4.82. The number of aromatic nitrogens is 1. The minimum absolute atomic E-state index is 0.0485. The lowest BCUT2D eigenvalue weighted by Gasteiger charge is -2.23. The first-order chi connectivity index (χ1) is 11.1. The number of nitrogens with two attached hydrogens (primary N) is 1. The number of hydrogen-bond acceptors (Lipinski definition) is 5. The first kappa shape index (κ1) is 15.5. The summed E-state index contributed by atoms with van der Waals surface area (Å²) >= 11 is 1.54. The lowest BCUT2D eigenvalue weighted by atomic mass is 10.1. The monoisotopic (exact) mass is 330 g/mol. The summed E-state index contributed by atoms with van der Waals surface area (Å²) in [7, 11) is 0. The summed E-state index contributed by atoms with van der Waals surface area (Å²) in [4.78, 5) is 30.2. The second kappa shape index (κ2) is 6.37. The minimum Gasteiger partial charge on any atom is -0.366 e. The highest BCUT2D eigenvalue weighted by Crippen LogP contribution is 2.28. The van der Waals surface area contributed by atoms with Crippen molar-refractivity contribution >= 4 is 34.0 Å². The van der Waals surface area contributed by atoms with E-state index >= 15 is 0 Å². The van der Waals surface area contributed by atoms with Crippen molar-refractivity contribution in [2.24, 2.45) is 5.73 Å². The highest BCUT2D eigenvalue weighted by atomic mass is 32.1. The number of hydrogen-bond donors (Lipinski definition) is 2. The fourth-order valence-corrected chi connectivity index (χ4v) is 3.52. The van der Waals surface area contributed by atoms with Crippen molar-refractivity contribution in [3.05, 3.63) is 40.9 Å². The second-order valence-corrected chi connectivity index (χ2v) is 6.42. The third-order valence-electron chi connectivity index (χ3n) is 3.99. The SMILES string of the molecule is Cc1cc(C(N)=O)ccc1NC(=O)C1CCCN1c1nccs1. The van der Waals surface area contributed by atoms with Crippen LogP contribution in [0.25, 0.3) is 0 Å². The Morgan fingerprint density at radius 1 is 1.43 bits per heavy atom. The molecule has 0 radical (unpaired) electrons. The summed E-state index contributed by atoms with van der Waals surface area (Å²) in [6.45, 7) is 2.68. The smallest absolute Gasteiger partial charge is 0.248 e. The molecule has 1 saturated heterocycles. The van der Waals surface area contributed by atoms with Gasteiger partial charge in [0, 0.05) is 29.4 Å². The number of carbonyl (C=O) groups is 2. The average Bonchev–Trinajstić information content (AvgIpc) is 3.19. The van der Waals surface area contributed by atoms with Crippen LogP contribution in [0.2, 0.25) is 0 Å². The van der Waals surface area contributed by atoms with Crippen LogP contribution in [0.4, 0.5) is 10.8 Å². The van der Waals surface area contributed by atoms with E-state index in [1.54, 1.807) is 24.4 Å². The molecule has 6 nitrogen and oxygen atoms in total. The number of aryl methyl sites for hydroxylation is 1. The lowest BCUT2D eigenvalue weighted by molar-refractivity contribution is -0.117. The number of anilines is 2. The number of rotatable bonds is 4. The van der Waals surface area contributed by atoms with Crippen LogP contribution in [0.1, 0.15) is 28.8 Å². The summed E-state index contributed by atoms with van der Waals surface area (Å²) in [5.41, 5.74) is 7.22. The molecule has 7 heteroatoms. The molecule has 1 aliphatic rings. The van der Waals surface area contributed by atoms with Gasteiger partial charge < -0.3 is 16.0 Å². The van der Waals surface area contributed by atoms with Gasteiger partial charge in [0.15, 0.2) is 5.13 Å². The van der Waals surface area contributed by atoms with E-state index in [2.05, 4.69) is 10.3 Å². The molecule has 0 saturated carbocycles. The zero-order valence-corrected chi connectivity index (χ0v) is 13.6. The van der Waals surface area contributed by atoms with Crippen LogP contribution >= 0.6 is 11.3 Å². The summed E-state index contributed by atoms with van der Waals surface area (Å²) in [5.74, 6) is -0.524. The molecule has 0 bridgehead atoms. The Hall–Kier alpha value is -2.41. The summed E-state index contributed by atoms with van der Waals surface area (Å²) in [5, 5.41) is 5.74. The van der Waals surface area contributed by atoms with Crippen molar-refractivity contribution in [2.75, 3.05) is 16.8 Å². The van der Waals surface area contributed by atoms with Gasteiger partial charge in [0.1, 0.15) is 6.04 Å². The number of nitrogens with one attached hydrogen (secondary N) is 1. The van der Waals surface area contributed by atoms with Crippen LogP contribution in [0.3, 0.4) is 0 Å². The van der Waals surface area contributed by atoms with E-state index in [0.29, 0.717) is 11.3 Å². The number of nitrogens with zero attached hydrogens (tertiary/aromatic N) is 2. The van der Waals surface area contributed by atoms with Gasteiger partial charge in [-0.15, -0.1) is 11.3 Å². The third kappa shape index (κ3) is 3.19. The Bertz CT molecular complexity index is 730. The van der Waals surface area contributed by atoms with Crippen molar-refractivity contribution in [3.63, 3.8) is 0 Å². The van der Waals surface area contributed by atoms with E-state index in [-0.39, 0.29) is 11.9 Å². The zero-order chi connectivity index (χ0) is 16.4. The Morgan fingerprint density at radius 3 is 2.91 bits per heavy atom. The Labute approximate surface area is 138 Å². The van der Waals surface area contributed by atoms with Crippen LogP contribution in [0, 0.1) is 6.92 Å². The molecule has 1 aliphatic heterocycles. The van der Waals surface area contributed by atoms with Crippen molar-refractivity contribution in [3.8, 4) is 0 Å². The molecular weight excluding hydrogens is 312 g/mol. The maximum absolute atomic E-state index is 12.6. The fraction of sp³-hybridized carbons (Fsp3) is 0.312. The van der Waals surface area contributed by atoms with E-state index in [0.717, 1.165) is 30.1 Å².